The average molecular weight is 449 g/mol. The molecule has 178 valence electrons. The van der Waals surface area contributed by atoms with Crippen LogP contribution in [0.5, 0.6) is 0 Å². The highest BCUT2D eigenvalue weighted by Gasteiger charge is 2.61. The van der Waals surface area contributed by atoms with Crippen LogP contribution < -0.4 is 0 Å². The Bertz CT molecular complexity index is 1070. The van der Waals surface area contributed by atoms with Gasteiger partial charge in [-0.1, -0.05) is 32.0 Å². The minimum atomic E-state index is -0.470. The Morgan fingerprint density at radius 1 is 1.00 bits per heavy atom. The molecule has 2 aromatic rings. The Hall–Kier alpha value is -1.68. The number of nitrogens with zero attached hydrogens (tertiary/aromatic N) is 2. The van der Waals surface area contributed by atoms with Crippen LogP contribution in [0.3, 0.4) is 0 Å². The topological polar surface area (TPSA) is 55.1 Å². The summed E-state index contributed by atoms with van der Waals surface area (Å²) >= 11 is 0. The van der Waals surface area contributed by atoms with Crippen LogP contribution in [0.1, 0.15) is 78.6 Å². The first-order valence-corrected chi connectivity index (χ1v) is 13.4. The molecule has 1 N–H and O–H groups in total. The number of hydrogen-bond acceptors (Lipinski definition) is 3. The van der Waals surface area contributed by atoms with Crippen molar-refractivity contribution in [3.63, 3.8) is 0 Å². The van der Waals surface area contributed by atoms with E-state index in [9.17, 15) is 9.90 Å². The summed E-state index contributed by atoms with van der Waals surface area (Å²) in [7, 11) is 0. The lowest BCUT2D eigenvalue weighted by Crippen LogP contribution is -2.55. The lowest BCUT2D eigenvalue weighted by atomic mass is 9.44. The summed E-state index contributed by atoms with van der Waals surface area (Å²) in [4.78, 5) is 13.7. The number of Topliss-reactive ketones (excluding diaryl/α,β-unsaturated/α-hetero) is 1. The summed E-state index contributed by atoms with van der Waals surface area (Å²) in [6, 6.07) is 8.19. The number of rotatable bonds is 3. The van der Waals surface area contributed by atoms with Crippen LogP contribution in [-0.4, -0.2) is 26.3 Å². The van der Waals surface area contributed by atoms with Crippen LogP contribution in [-0.2, 0) is 11.3 Å². The molecule has 0 amide bonds. The molecule has 1 aromatic carbocycles. The van der Waals surface area contributed by atoms with Crippen molar-refractivity contribution in [1.29, 1.82) is 0 Å². The van der Waals surface area contributed by atoms with E-state index in [-0.39, 0.29) is 11.3 Å². The molecule has 8 atom stereocenters. The Morgan fingerprint density at radius 3 is 2.64 bits per heavy atom. The molecule has 0 radical (unpaired) electrons. The molecule has 4 aliphatic carbocycles. The van der Waals surface area contributed by atoms with Gasteiger partial charge < -0.3 is 5.11 Å². The number of ketones is 1. The zero-order valence-electron chi connectivity index (χ0n) is 20.6. The lowest BCUT2D eigenvalue weighted by molar-refractivity contribution is -0.151. The van der Waals surface area contributed by atoms with Crippen LogP contribution in [0.2, 0.25) is 0 Å². The molecule has 4 saturated carbocycles. The van der Waals surface area contributed by atoms with Gasteiger partial charge in [0.15, 0.2) is 5.78 Å². The zero-order valence-corrected chi connectivity index (χ0v) is 20.6. The first-order chi connectivity index (χ1) is 15.7. The largest absolute Gasteiger partial charge is 0.390 e. The quantitative estimate of drug-likeness (QED) is 0.625. The standard InChI is InChI=1S/C29H40N2O2/c1-27(33)14-15-28(2)20(16-27)8-9-21-22-10-11-24(29(22,3)13-12-23(21)28)26(32)18-31-25-7-5-4-6-19(25)17-30-31/h4-7,17,20-24,33H,8-16,18H2,1-3H3/t20-,21+,22+,23+,24-,27-,28+,29+/m1/s1. The van der Waals surface area contributed by atoms with Crippen molar-refractivity contribution in [1.82, 2.24) is 9.78 Å². The summed E-state index contributed by atoms with van der Waals surface area (Å²) in [5.74, 6) is 3.44. The number of hydrogen-bond donors (Lipinski definition) is 1. The summed E-state index contributed by atoms with van der Waals surface area (Å²) in [5.41, 5.74) is 1.11. The van der Waals surface area contributed by atoms with Gasteiger partial charge in [0, 0.05) is 11.3 Å². The molecule has 0 aliphatic heterocycles. The van der Waals surface area contributed by atoms with Crippen molar-refractivity contribution in [2.24, 2.45) is 40.4 Å². The van der Waals surface area contributed by atoms with E-state index < -0.39 is 5.60 Å². The second kappa shape index (κ2) is 7.41. The molecule has 0 saturated heterocycles. The van der Waals surface area contributed by atoms with Crippen LogP contribution >= 0.6 is 0 Å². The van der Waals surface area contributed by atoms with Crippen LogP contribution in [0.15, 0.2) is 30.5 Å². The fraction of sp³-hybridized carbons (Fsp3) is 0.724. The molecule has 0 bridgehead atoms. The number of aromatic nitrogens is 2. The highest BCUT2D eigenvalue weighted by atomic mass is 16.3. The van der Waals surface area contributed by atoms with Gasteiger partial charge in [0.2, 0.25) is 0 Å². The third-order valence-electron chi connectivity index (χ3n) is 11.2. The van der Waals surface area contributed by atoms with Crippen molar-refractivity contribution in [2.45, 2.75) is 90.7 Å². The van der Waals surface area contributed by atoms with Crippen molar-refractivity contribution >= 4 is 16.7 Å². The van der Waals surface area contributed by atoms with Gasteiger partial charge in [-0.15, -0.1) is 0 Å². The number of carbonyl (C=O) groups excluding carboxylic acids is 1. The van der Waals surface area contributed by atoms with Gasteiger partial charge in [0.25, 0.3) is 0 Å². The molecule has 4 fully saturated rings. The maximum absolute atomic E-state index is 13.7. The SMILES string of the molecule is C[C@@]1(O)CC[C@@]2(C)[C@H](CC[C@@H]3[C@@H]2CC[C@]2(C)[C@@H](C(=O)Cn4ncc5ccccc54)CC[C@@H]32)C1. The smallest absolute Gasteiger partial charge is 0.157 e. The molecule has 0 unspecified atom stereocenters. The highest BCUT2D eigenvalue weighted by molar-refractivity contribution is 5.85. The van der Waals surface area contributed by atoms with E-state index in [1.807, 2.05) is 29.9 Å². The summed E-state index contributed by atoms with van der Waals surface area (Å²) in [5, 5.41) is 16.4. The second-order valence-electron chi connectivity index (χ2n) is 12.9. The Balaban J connectivity index is 1.22. The summed E-state index contributed by atoms with van der Waals surface area (Å²) < 4.78 is 1.92. The van der Waals surface area contributed by atoms with Crippen LogP contribution in [0, 0.1) is 40.4 Å². The first-order valence-electron chi connectivity index (χ1n) is 13.4. The number of aliphatic hydroxyl groups is 1. The second-order valence-corrected chi connectivity index (χ2v) is 12.9. The predicted molar refractivity (Wildman–Crippen MR) is 131 cm³/mol. The molecule has 4 heteroatoms. The first kappa shape index (κ1) is 21.8. The maximum Gasteiger partial charge on any atom is 0.157 e. The van der Waals surface area contributed by atoms with Gasteiger partial charge in [-0.2, -0.15) is 5.10 Å². The fourth-order valence-electron chi connectivity index (χ4n) is 9.37. The summed E-state index contributed by atoms with van der Waals surface area (Å²) in [6.45, 7) is 7.45. The van der Waals surface area contributed by atoms with Gasteiger partial charge >= 0.3 is 0 Å². The molecule has 1 heterocycles. The number of para-hydroxylation sites is 1. The minimum absolute atomic E-state index is 0.143. The molecule has 33 heavy (non-hydrogen) atoms. The molecule has 1 aromatic heterocycles. The van der Waals surface area contributed by atoms with Gasteiger partial charge in [-0.3, -0.25) is 9.48 Å². The zero-order chi connectivity index (χ0) is 23.0. The number of carbonyl (C=O) groups is 1. The van der Waals surface area contributed by atoms with Gasteiger partial charge in [0.1, 0.15) is 6.54 Å². The molecular formula is C29H40N2O2. The molecule has 6 rings (SSSR count). The van der Waals surface area contributed by atoms with E-state index >= 15 is 0 Å². The van der Waals surface area contributed by atoms with E-state index in [1.165, 1.54) is 38.5 Å². The maximum atomic E-state index is 13.7. The third-order valence-corrected chi connectivity index (χ3v) is 11.2. The van der Waals surface area contributed by atoms with E-state index in [4.69, 9.17) is 0 Å². The van der Waals surface area contributed by atoms with Crippen molar-refractivity contribution in [3.8, 4) is 0 Å². The molecule has 4 nitrogen and oxygen atoms in total. The van der Waals surface area contributed by atoms with Gasteiger partial charge in [-0.05, 0) is 105 Å². The third kappa shape index (κ3) is 3.26. The van der Waals surface area contributed by atoms with E-state index in [0.717, 1.165) is 42.0 Å². The monoisotopic (exact) mass is 448 g/mol. The molecular weight excluding hydrogens is 408 g/mol. The number of fused-ring (bicyclic) bond motifs is 6. The van der Waals surface area contributed by atoms with Gasteiger partial charge in [0.05, 0.1) is 17.3 Å². The minimum Gasteiger partial charge on any atom is -0.390 e. The van der Waals surface area contributed by atoms with Crippen molar-refractivity contribution in [2.75, 3.05) is 0 Å². The Labute approximate surface area is 198 Å². The number of benzene rings is 1. The van der Waals surface area contributed by atoms with E-state index in [0.29, 0.717) is 29.6 Å². The summed E-state index contributed by atoms with van der Waals surface area (Å²) in [6.07, 6.45) is 12.3. The van der Waals surface area contributed by atoms with Crippen LogP contribution in [0.25, 0.3) is 10.9 Å². The van der Waals surface area contributed by atoms with Crippen LogP contribution in [0.4, 0.5) is 0 Å². The Morgan fingerprint density at radius 2 is 1.79 bits per heavy atom. The highest BCUT2D eigenvalue weighted by Crippen LogP contribution is 2.68. The van der Waals surface area contributed by atoms with Crippen molar-refractivity contribution in [3.05, 3.63) is 30.5 Å². The normalized spacial score (nSPS) is 44.8. The van der Waals surface area contributed by atoms with E-state index in [1.54, 1.807) is 0 Å². The predicted octanol–water partition coefficient (Wildman–Crippen LogP) is 6.02. The lowest BCUT2D eigenvalue weighted by Gasteiger charge is -2.61. The van der Waals surface area contributed by atoms with E-state index in [2.05, 4.69) is 31.1 Å². The Kier molecular flexibility index (Phi) is 4.90. The molecule has 4 aliphatic rings. The van der Waals surface area contributed by atoms with Gasteiger partial charge in [-0.25, -0.2) is 0 Å². The van der Waals surface area contributed by atoms with Crippen molar-refractivity contribution < 1.29 is 9.90 Å². The average Bonchev–Trinajstić information content (AvgIpc) is 3.35. The molecule has 0 spiro atoms. The fourth-order valence-corrected chi connectivity index (χ4v) is 9.37.